The van der Waals surface area contributed by atoms with Crippen LogP contribution in [-0.2, 0) is 0 Å². The van der Waals surface area contributed by atoms with E-state index in [1.54, 1.807) is 24.3 Å². The molecule has 102 valence electrons. The van der Waals surface area contributed by atoms with Gasteiger partial charge < -0.3 is 0 Å². The van der Waals surface area contributed by atoms with E-state index in [1.165, 1.54) is 6.08 Å². The van der Waals surface area contributed by atoms with E-state index >= 15 is 0 Å². The van der Waals surface area contributed by atoms with Gasteiger partial charge in [0.1, 0.15) is 0 Å². The summed E-state index contributed by atoms with van der Waals surface area (Å²) >= 11 is 17.3. The first kappa shape index (κ1) is 14.7. The van der Waals surface area contributed by atoms with Crippen molar-refractivity contribution in [3.05, 3.63) is 61.1 Å². The second kappa shape index (κ2) is 6.17. The summed E-state index contributed by atoms with van der Waals surface area (Å²) in [5.41, 5.74) is 0.319. The molecule has 0 aliphatic carbocycles. The highest BCUT2D eigenvalue weighted by Crippen LogP contribution is 2.29. The van der Waals surface area contributed by atoms with Crippen molar-refractivity contribution >= 4 is 52.6 Å². The fraction of sp³-hybridized carbons (Fsp3) is 0. The van der Waals surface area contributed by atoms with Crippen LogP contribution in [0.25, 0.3) is 12.2 Å². The largest absolute Gasteiger partial charge is 0.343 e. The van der Waals surface area contributed by atoms with E-state index in [0.29, 0.717) is 5.02 Å². The van der Waals surface area contributed by atoms with Crippen molar-refractivity contribution in [2.45, 2.75) is 0 Å². The van der Waals surface area contributed by atoms with Crippen LogP contribution < -0.4 is 0 Å². The smallest absolute Gasteiger partial charge is 0.258 e. The molecule has 0 bridgehead atoms. The highest BCUT2D eigenvalue weighted by molar-refractivity contribution is 6.36. The second-order valence-electron chi connectivity index (χ2n) is 3.66. The Balaban J connectivity index is 2.33. The van der Waals surface area contributed by atoms with Gasteiger partial charge in [0, 0.05) is 5.02 Å². The first-order valence-corrected chi connectivity index (χ1v) is 6.42. The van der Waals surface area contributed by atoms with Crippen molar-refractivity contribution in [3.8, 4) is 0 Å². The lowest BCUT2D eigenvalue weighted by atomic mass is 10.2. The predicted molar refractivity (Wildman–Crippen MR) is 79.1 cm³/mol. The van der Waals surface area contributed by atoms with E-state index in [9.17, 15) is 10.1 Å². The van der Waals surface area contributed by atoms with Crippen LogP contribution in [0.4, 0.5) is 5.69 Å². The van der Waals surface area contributed by atoms with E-state index in [2.05, 4.69) is 9.97 Å². The summed E-state index contributed by atoms with van der Waals surface area (Å²) in [5, 5.41) is 10.7. The Morgan fingerprint density at radius 2 is 1.75 bits per heavy atom. The van der Waals surface area contributed by atoms with E-state index in [4.69, 9.17) is 34.8 Å². The third-order valence-electron chi connectivity index (χ3n) is 2.27. The van der Waals surface area contributed by atoms with Gasteiger partial charge in [-0.05, 0) is 23.8 Å². The van der Waals surface area contributed by atoms with Crippen LogP contribution >= 0.6 is 34.8 Å². The van der Waals surface area contributed by atoms with Crippen molar-refractivity contribution in [3.63, 3.8) is 0 Å². The minimum absolute atomic E-state index is 0.172. The maximum atomic E-state index is 10.7. The summed E-state index contributed by atoms with van der Waals surface area (Å²) in [6.45, 7) is 0. The first-order valence-electron chi connectivity index (χ1n) is 5.28. The van der Waals surface area contributed by atoms with E-state index in [0.717, 1.165) is 5.56 Å². The summed E-state index contributed by atoms with van der Waals surface area (Å²) in [6, 6.07) is 7.11. The molecule has 0 spiro atoms. The molecule has 2 rings (SSSR count). The lowest BCUT2D eigenvalue weighted by Crippen LogP contribution is -1.97. The molecule has 0 radical (unpaired) electrons. The molecule has 1 aromatic heterocycles. The van der Waals surface area contributed by atoms with Gasteiger partial charge in [0.25, 0.3) is 0 Å². The first-order chi connectivity index (χ1) is 9.47. The molecule has 0 aliphatic heterocycles. The number of aromatic nitrogens is 2. The molecule has 0 N–H and O–H groups in total. The summed E-state index contributed by atoms with van der Waals surface area (Å²) in [5.74, 6) is 0.172. The van der Waals surface area contributed by atoms with Crippen LogP contribution in [0.2, 0.25) is 15.3 Å². The second-order valence-corrected chi connectivity index (χ2v) is 4.81. The zero-order valence-electron chi connectivity index (χ0n) is 9.76. The normalized spacial score (nSPS) is 10.9. The van der Waals surface area contributed by atoms with Gasteiger partial charge in [-0.15, -0.1) is 0 Å². The van der Waals surface area contributed by atoms with Crippen molar-refractivity contribution in [2.75, 3.05) is 0 Å². The van der Waals surface area contributed by atoms with Crippen LogP contribution in [0.1, 0.15) is 11.4 Å². The lowest BCUT2D eigenvalue weighted by molar-refractivity contribution is -0.385. The Bertz CT molecular complexity index is 681. The zero-order valence-corrected chi connectivity index (χ0v) is 12.0. The fourth-order valence-electron chi connectivity index (χ4n) is 1.42. The third-order valence-corrected chi connectivity index (χ3v) is 3.03. The predicted octanol–water partition coefficient (Wildman–Crippen LogP) is 4.52. The molecule has 0 aliphatic rings. The number of halogens is 3. The number of hydrogen-bond acceptors (Lipinski definition) is 4. The molecule has 0 saturated carbocycles. The monoisotopic (exact) mass is 329 g/mol. The quantitative estimate of drug-likeness (QED) is 0.471. The molecule has 0 atom stereocenters. The summed E-state index contributed by atoms with van der Waals surface area (Å²) in [7, 11) is 0. The van der Waals surface area contributed by atoms with E-state index < -0.39 is 10.6 Å². The molecule has 5 nitrogen and oxygen atoms in total. The number of rotatable bonds is 3. The molecule has 0 fully saturated rings. The highest BCUT2D eigenvalue weighted by Gasteiger charge is 2.21. The SMILES string of the molecule is O=[N+]([O-])c1c(Cl)nc(C=Cc2cccc(Cl)c2)nc1Cl. The summed E-state index contributed by atoms with van der Waals surface area (Å²) in [4.78, 5) is 17.6. The molecule has 20 heavy (non-hydrogen) atoms. The topological polar surface area (TPSA) is 68.9 Å². The van der Waals surface area contributed by atoms with Crippen molar-refractivity contribution < 1.29 is 4.92 Å². The van der Waals surface area contributed by atoms with Gasteiger partial charge in [0.15, 0.2) is 5.82 Å². The van der Waals surface area contributed by atoms with Gasteiger partial charge in [0.05, 0.1) is 4.92 Å². The molecule has 8 heteroatoms. The molecular weight excluding hydrogens is 325 g/mol. The molecule has 0 saturated heterocycles. The summed E-state index contributed by atoms with van der Waals surface area (Å²) in [6.07, 6.45) is 3.23. The van der Waals surface area contributed by atoms with Crippen molar-refractivity contribution in [1.29, 1.82) is 0 Å². The summed E-state index contributed by atoms with van der Waals surface area (Å²) < 4.78 is 0. The minimum atomic E-state index is -0.727. The number of nitro groups is 1. The van der Waals surface area contributed by atoms with Crippen LogP contribution in [-0.4, -0.2) is 14.9 Å². The Kier molecular flexibility index (Phi) is 4.54. The number of hydrogen-bond donors (Lipinski definition) is 0. The van der Waals surface area contributed by atoms with Crippen LogP contribution in [0.5, 0.6) is 0 Å². The van der Waals surface area contributed by atoms with Crippen LogP contribution in [0.3, 0.4) is 0 Å². The lowest BCUT2D eigenvalue weighted by Gasteiger charge is -1.99. The average Bonchev–Trinajstić information content (AvgIpc) is 2.35. The standard InChI is InChI=1S/C12H6Cl3N3O2/c13-8-3-1-2-7(6-8)4-5-9-16-11(14)10(18(19)20)12(15)17-9/h1-6H. The Morgan fingerprint density at radius 3 is 2.30 bits per heavy atom. The Hall–Kier alpha value is -1.69. The molecule has 2 aromatic rings. The molecule has 0 unspecified atom stereocenters. The van der Waals surface area contributed by atoms with Gasteiger partial charge in [-0.25, -0.2) is 9.97 Å². The van der Waals surface area contributed by atoms with Gasteiger partial charge in [-0.3, -0.25) is 10.1 Å². The van der Waals surface area contributed by atoms with Crippen molar-refractivity contribution in [1.82, 2.24) is 9.97 Å². The molecule has 0 amide bonds. The zero-order chi connectivity index (χ0) is 14.7. The number of benzene rings is 1. The minimum Gasteiger partial charge on any atom is -0.258 e. The van der Waals surface area contributed by atoms with Gasteiger partial charge in [-0.2, -0.15) is 0 Å². The van der Waals surface area contributed by atoms with Gasteiger partial charge in [0.2, 0.25) is 10.3 Å². The highest BCUT2D eigenvalue weighted by atomic mass is 35.5. The Labute approximate surface area is 129 Å². The maximum absolute atomic E-state index is 10.7. The van der Waals surface area contributed by atoms with Gasteiger partial charge >= 0.3 is 5.69 Å². The number of nitrogens with zero attached hydrogens (tertiary/aromatic N) is 3. The Morgan fingerprint density at radius 1 is 1.10 bits per heavy atom. The maximum Gasteiger partial charge on any atom is 0.343 e. The van der Waals surface area contributed by atoms with E-state index in [-0.39, 0.29) is 16.1 Å². The fourth-order valence-corrected chi connectivity index (χ4v) is 2.16. The third kappa shape index (κ3) is 3.45. The van der Waals surface area contributed by atoms with E-state index in [1.807, 2.05) is 6.07 Å². The molecular formula is C12H6Cl3N3O2. The van der Waals surface area contributed by atoms with Crippen molar-refractivity contribution in [2.24, 2.45) is 0 Å². The molecule has 1 heterocycles. The van der Waals surface area contributed by atoms with Crippen LogP contribution in [0, 0.1) is 10.1 Å². The van der Waals surface area contributed by atoms with Crippen LogP contribution in [0.15, 0.2) is 24.3 Å². The molecule has 1 aromatic carbocycles. The average molecular weight is 331 g/mol. The van der Waals surface area contributed by atoms with Gasteiger partial charge in [-0.1, -0.05) is 53.0 Å².